The van der Waals surface area contributed by atoms with E-state index in [1.807, 2.05) is 0 Å². The van der Waals surface area contributed by atoms with Crippen LogP contribution in [0.15, 0.2) is 18.2 Å². The Morgan fingerprint density at radius 3 is 2.50 bits per heavy atom. The summed E-state index contributed by atoms with van der Waals surface area (Å²) in [4.78, 5) is 21.4. The molecule has 0 unspecified atom stereocenters. The van der Waals surface area contributed by atoms with Crippen molar-refractivity contribution in [3.8, 4) is 5.75 Å². The highest BCUT2D eigenvalue weighted by atomic mass is 19.4. The van der Waals surface area contributed by atoms with Gasteiger partial charge in [0.25, 0.3) is 0 Å². The van der Waals surface area contributed by atoms with Crippen LogP contribution < -0.4 is 10.1 Å². The van der Waals surface area contributed by atoms with E-state index < -0.39 is 18.1 Å². The molecular formula is C12H12F3NO4. The molecule has 0 atom stereocenters. The Labute approximate surface area is 112 Å². The normalized spacial score (nSPS) is 11.0. The molecular weight excluding hydrogens is 279 g/mol. The Balaban J connectivity index is 2.69. The Morgan fingerprint density at radius 2 is 2.00 bits per heavy atom. The highest BCUT2D eigenvalue weighted by molar-refractivity contribution is 5.88. The molecule has 0 aliphatic heterocycles. The molecule has 1 aromatic rings. The Morgan fingerprint density at radius 1 is 1.35 bits per heavy atom. The van der Waals surface area contributed by atoms with Gasteiger partial charge in [0.15, 0.2) is 0 Å². The van der Waals surface area contributed by atoms with Crippen LogP contribution in [0.2, 0.25) is 0 Å². The van der Waals surface area contributed by atoms with Gasteiger partial charge in [-0.3, -0.25) is 4.79 Å². The summed E-state index contributed by atoms with van der Waals surface area (Å²) < 4.78 is 40.8. The average Bonchev–Trinajstić information content (AvgIpc) is 2.37. The number of hydrogen-bond acceptors (Lipinski definition) is 3. The van der Waals surface area contributed by atoms with Gasteiger partial charge in [-0.25, -0.2) is 4.79 Å². The quantitative estimate of drug-likeness (QED) is 0.864. The largest absolute Gasteiger partial charge is 0.496 e. The van der Waals surface area contributed by atoms with Crippen molar-refractivity contribution in [1.82, 2.24) is 5.32 Å². The maximum atomic E-state index is 12.0. The summed E-state index contributed by atoms with van der Waals surface area (Å²) >= 11 is 0. The maximum Gasteiger partial charge on any atom is 0.471 e. The lowest BCUT2D eigenvalue weighted by Gasteiger charge is -2.11. The molecule has 0 bridgehead atoms. The molecule has 1 amide bonds. The summed E-state index contributed by atoms with van der Waals surface area (Å²) in [5, 5.41) is 10.5. The fourth-order valence-electron chi connectivity index (χ4n) is 1.50. The number of carbonyl (C=O) groups excluding carboxylic acids is 1. The van der Waals surface area contributed by atoms with Gasteiger partial charge in [-0.05, 0) is 24.1 Å². The van der Waals surface area contributed by atoms with Crippen molar-refractivity contribution in [3.05, 3.63) is 29.3 Å². The highest BCUT2D eigenvalue weighted by Crippen LogP contribution is 2.21. The van der Waals surface area contributed by atoms with Gasteiger partial charge in [0.1, 0.15) is 5.75 Å². The lowest BCUT2D eigenvalue weighted by atomic mass is 10.1. The summed E-state index contributed by atoms with van der Waals surface area (Å²) in [6.07, 6.45) is -4.83. The average molecular weight is 291 g/mol. The zero-order valence-electron chi connectivity index (χ0n) is 10.5. The number of carboxylic acid groups (broad SMARTS) is 1. The number of nitrogens with one attached hydrogen (secondary N) is 1. The molecule has 1 rings (SSSR count). The third kappa shape index (κ3) is 4.15. The topological polar surface area (TPSA) is 75.6 Å². The molecule has 20 heavy (non-hydrogen) atoms. The molecule has 2 N–H and O–H groups in total. The van der Waals surface area contributed by atoms with Gasteiger partial charge in [-0.1, -0.05) is 6.07 Å². The zero-order valence-corrected chi connectivity index (χ0v) is 10.5. The van der Waals surface area contributed by atoms with Gasteiger partial charge >= 0.3 is 18.1 Å². The lowest BCUT2D eigenvalue weighted by molar-refractivity contribution is -0.173. The summed E-state index contributed by atoms with van der Waals surface area (Å²) in [5.74, 6) is -2.91. The summed E-state index contributed by atoms with van der Waals surface area (Å²) in [6.45, 7) is -0.235. The first-order valence-electron chi connectivity index (χ1n) is 5.51. The molecule has 0 radical (unpaired) electrons. The lowest BCUT2D eigenvalue weighted by Crippen LogP contribution is -2.37. The van der Waals surface area contributed by atoms with E-state index in [-0.39, 0.29) is 24.3 Å². The molecule has 0 aromatic heterocycles. The molecule has 0 saturated carbocycles. The molecule has 0 spiro atoms. The predicted molar refractivity (Wildman–Crippen MR) is 62.7 cm³/mol. The SMILES string of the molecule is COc1cc(C(=O)O)ccc1CCNC(=O)C(F)(F)F. The second-order valence-electron chi connectivity index (χ2n) is 3.84. The van der Waals surface area contributed by atoms with Gasteiger partial charge in [-0.15, -0.1) is 0 Å². The van der Waals surface area contributed by atoms with Crippen LogP contribution in [-0.2, 0) is 11.2 Å². The fourth-order valence-corrected chi connectivity index (χ4v) is 1.50. The standard InChI is InChI=1S/C12H12F3NO4/c1-20-9-6-8(10(17)18)3-2-7(9)4-5-16-11(19)12(13,14)15/h2-3,6H,4-5H2,1H3,(H,16,19)(H,17,18). The van der Waals surface area contributed by atoms with E-state index in [2.05, 4.69) is 0 Å². The van der Waals surface area contributed by atoms with E-state index in [9.17, 15) is 22.8 Å². The molecule has 0 saturated heterocycles. The van der Waals surface area contributed by atoms with Crippen LogP contribution in [-0.4, -0.2) is 36.8 Å². The number of aromatic carboxylic acids is 1. The fraction of sp³-hybridized carbons (Fsp3) is 0.333. The van der Waals surface area contributed by atoms with Gasteiger partial charge in [0, 0.05) is 6.54 Å². The van der Waals surface area contributed by atoms with Crippen LogP contribution >= 0.6 is 0 Å². The van der Waals surface area contributed by atoms with Crippen LogP contribution in [0.25, 0.3) is 0 Å². The molecule has 0 fully saturated rings. The molecule has 8 heteroatoms. The second kappa shape index (κ2) is 6.27. The van der Waals surface area contributed by atoms with Crippen molar-refractivity contribution in [2.45, 2.75) is 12.6 Å². The third-order valence-corrected chi connectivity index (χ3v) is 2.47. The first kappa shape index (κ1) is 15.8. The number of benzene rings is 1. The van der Waals surface area contributed by atoms with Gasteiger partial charge in [0.05, 0.1) is 12.7 Å². The monoisotopic (exact) mass is 291 g/mol. The number of carbonyl (C=O) groups is 2. The number of hydrogen-bond donors (Lipinski definition) is 2. The van der Waals surface area contributed by atoms with Gasteiger partial charge in [0.2, 0.25) is 0 Å². The van der Waals surface area contributed by atoms with Crippen molar-refractivity contribution < 1.29 is 32.6 Å². The molecule has 110 valence electrons. The molecule has 1 aromatic carbocycles. The third-order valence-electron chi connectivity index (χ3n) is 2.47. The highest BCUT2D eigenvalue weighted by Gasteiger charge is 2.38. The number of carboxylic acids is 1. The van der Waals surface area contributed by atoms with E-state index in [0.717, 1.165) is 0 Å². The summed E-state index contributed by atoms with van der Waals surface area (Å²) in [7, 11) is 1.32. The van der Waals surface area contributed by atoms with Crippen molar-refractivity contribution in [3.63, 3.8) is 0 Å². The maximum absolute atomic E-state index is 12.0. The van der Waals surface area contributed by atoms with E-state index >= 15 is 0 Å². The van der Waals surface area contributed by atoms with Crippen LogP contribution in [0.4, 0.5) is 13.2 Å². The minimum Gasteiger partial charge on any atom is -0.496 e. The Bertz CT molecular complexity index is 514. The van der Waals surface area contributed by atoms with Crippen molar-refractivity contribution >= 4 is 11.9 Å². The van der Waals surface area contributed by atoms with Crippen LogP contribution in [0.1, 0.15) is 15.9 Å². The van der Waals surface area contributed by atoms with E-state index in [1.54, 1.807) is 5.32 Å². The molecule has 0 aliphatic rings. The van der Waals surface area contributed by atoms with Crippen molar-refractivity contribution in [2.24, 2.45) is 0 Å². The summed E-state index contributed by atoms with van der Waals surface area (Å²) in [6, 6.07) is 4.01. The van der Waals surface area contributed by atoms with E-state index in [4.69, 9.17) is 9.84 Å². The molecule has 0 heterocycles. The van der Waals surface area contributed by atoms with E-state index in [1.165, 1.54) is 25.3 Å². The Hall–Kier alpha value is -2.25. The second-order valence-corrected chi connectivity index (χ2v) is 3.84. The predicted octanol–water partition coefficient (Wildman–Crippen LogP) is 1.61. The molecule has 0 aliphatic carbocycles. The number of methoxy groups -OCH3 is 1. The minimum atomic E-state index is -4.92. The van der Waals surface area contributed by atoms with E-state index in [0.29, 0.717) is 5.56 Å². The number of halogens is 3. The molecule has 5 nitrogen and oxygen atoms in total. The zero-order chi connectivity index (χ0) is 15.3. The van der Waals surface area contributed by atoms with Crippen molar-refractivity contribution in [2.75, 3.05) is 13.7 Å². The first-order valence-corrected chi connectivity index (χ1v) is 5.51. The number of ether oxygens (including phenoxy) is 1. The van der Waals surface area contributed by atoms with Gasteiger partial charge in [-0.2, -0.15) is 13.2 Å². The summed E-state index contributed by atoms with van der Waals surface area (Å²) in [5.41, 5.74) is 0.505. The van der Waals surface area contributed by atoms with Crippen LogP contribution in [0, 0.1) is 0 Å². The Kier molecular flexibility index (Phi) is 4.95. The number of alkyl halides is 3. The van der Waals surface area contributed by atoms with Crippen LogP contribution in [0.3, 0.4) is 0 Å². The number of rotatable bonds is 5. The van der Waals surface area contributed by atoms with Gasteiger partial charge < -0.3 is 15.2 Å². The minimum absolute atomic E-state index is 0.00456. The van der Waals surface area contributed by atoms with Crippen LogP contribution in [0.5, 0.6) is 5.75 Å². The van der Waals surface area contributed by atoms with Crippen molar-refractivity contribution in [1.29, 1.82) is 0 Å². The number of amides is 1. The smallest absolute Gasteiger partial charge is 0.471 e. The first-order chi connectivity index (χ1) is 9.25.